The van der Waals surface area contributed by atoms with Crippen molar-refractivity contribution in [3.05, 3.63) is 29.3 Å². The van der Waals surface area contributed by atoms with Crippen LogP contribution in [0.1, 0.15) is 24.0 Å². The number of ether oxygens (including phenoxy) is 1. The second-order valence-corrected chi connectivity index (χ2v) is 6.42. The average Bonchev–Trinajstić information content (AvgIpc) is 3.10. The number of anilines is 1. The quantitative estimate of drug-likeness (QED) is 0.654. The topological polar surface area (TPSA) is 57.2 Å². The SMILES string of the molecule is Cc1cc(/C=N/NC(=O)CN2CCOCC2)ccc1N1CCCC1. The number of rotatable bonds is 5. The minimum Gasteiger partial charge on any atom is -0.379 e. The molecule has 2 heterocycles. The van der Waals surface area contributed by atoms with Gasteiger partial charge in [-0.05, 0) is 43.0 Å². The van der Waals surface area contributed by atoms with Crippen molar-refractivity contribution >= 4 is 17.8 Å². The van der Waals surface area contributed by atoms with Gasteiger partial charge >= 0.3 is 0 Å². The molecule has 2 saturated heterocycles. The largest absolute Gasteiger partial charge is 0.379 e. The lowest BCUT2D eigenvalue weighted by atomic mass is 10.1. The summed E-state index contributed by atoms with van der Waals surface area (Å²) in [6.07, 6.45) is 4.26. The van der Waals surface area contributed by atoms with Crippen molar-refractivity contribution in [2.75, 3.05) is 50.8 Å². The van der Waals surface area contributed by atoms with Crippen molar-refractivity contribution in [3.63, 3.8) is 0 Å². The maximum Gasteiger partial charge on any atom is 0.254 e. The first-order valence-electron chi connectivity index (χ1n) is 8.70. The molecule has 2 aliphatic heterocycles. The minimum absolute atomic E-state index is 0.0847. The molecule has 0 spiro atoms. The molecule has 1 N–H and O–H groups in total. The van der Waals surface area contributed by atoms with E-state index in [0.29, 0.717) is 19.8 Å². The Hall–Kier alpha value is -1.92. The van der Waals surface area contributed by atoms with Gasteiger partial charge in [0.05, 0.1) is 26.0 Å². The van der Waals surface area contributed by atoms with Crippen LogP contribution in [-0.4, -0.2) is 63.0 Å². The van der Waals surface area contributed by atoms with Crippen LogP contribution >= 0.6 is 0 Å². The van der Waals surface area contributed by atoms with E-state index in [9.17, 15) is 4.79 Å². The zero-order chi connectivity index (χ0) is 16.8. The van der Waals surface area contributed by atoms with Crippen LogP contribution in [0.3, 0.4) is 0 Å². The number of hydrogen-bond acceptors (Lipinski definition) is 5. The molecule has 6 nitrogen and oxygen atoms in total. The van der Waals surface area contributed by atoms with Crippen LogP contribution in [0, 0.1) is 6.92 Å². The molecule has 0 atom stereocenters. The van der Waals surface area contributed by atoms with E-state index in [-0.39, 0.29) is 5.91 Å². The maximum absolute atomic E-state index is 11.9. The number of aryl methyl sites for hydroxylation is 1. The molecule has 0 aliphatic carbocycles. The Morgan fingerprint density at radius 1 is 1.25 bits per heavy atom. The zero-order valence-electron chi connectivity index (χ0n) is 14.3. The van der Waals surface area contributed by atoms with E-state index in [1.54, 1.807) is 6.21 Å². The van der Waals surface area contributed by atoms with Crippen LogP contribution in [0.15, 0.2) is 23.3 Å². The Morgan fingerprint density at radius 3 is 2.71 bits per heavy atom. The normalized spacial score (nSPS) is 19.1. The number of carbonyl (C=O) groups is 1. The molecule has 24 heavy (non-hydrogen) atoms. The monoisotopic (exact) mass is 330 g/mol. The van der Waals surface area contributed by atoms with Gasteiger partial charge in [0, 0.05) is 31.9 Å². The fraction of sp³-hybridized carbons (Fsp3) is 0.556. The predicted octanol–water partition coefficient (Wildman–Crippen LogP) is 1.38. The molecular formula is C18H26N4O2. The second kappa shape index (κ2) is 8.26. The third kappa shape index (κ3) is 4.55. The fourth-order valence-corrected chi connectivity index (χ4v) is 3.25. The van der Waals surface area contributed by atoms with Gasteiger partial charge in [-0.25, -0.2) is 5.43 Å². The van der Waals surface area contributed by atoms with E-state index in [4.69, 9.17) is 4.74 Å². The Bertz CT molecular complexity index is 591. The van der Waals surface area contributed by atoms with Gasteiger partial charge in [-0.3, -0.25) is 9.69 Å². The molecule has 0 radical (unpaired) electrons. The smallest absolute Gasteiger partial charge is 0.254 e. The van der Waals surface area contributed by atoms with Crippen molar-refractivity contribution in [2.45, 2.75) is 19.8 Å². The molecule has 2 aliphatic rings. The Morgan fingerprint density at radius 2 is 2.00 bits per heavy atom. The number of nitrogens with zero attached hydrogens (tertiary/aromatic N) is 3. The molecule has 0 unspecified atom stereocenters. The lowest BCUT2D eigenvalue weighted by Crippen LogP contribution is -2.42. The Labute approximate surface area is 143 Å². The van der Waals surface area contributed by atoms with Gasteiger partial charge in [0.2, 0.25) is 0 Å². The van der Waals surface area contributed by atoms with Crippen LogP contribution in [0.2, 0.25) is 0 Å². The van der Waals surface area contributed by atoms with E-state index in [0.717, 1.165) is 31.7 Å². The average molecular weight is 330 g/mol. The van der Waals surface area contributed by atoms with E-state index in [2.05, 4.69) is 45.4 Å². The van der Waals surface area contributed by atoms with Gasteiger partial charge in [-0.1, -0.05) is 6.07 Å². The molecule has 3 rings (SSSR count). The van der Waals surface area contributed by atoms with Crippen molar-refractivity contribution in [1.29, 1.82) is 0 Å². The highest BCUT2D eigenvalue weighted by molar-refractivity contribution is 5.84. The Balaban J connectivity index is 1.50. The van der Waals surface area contributed by atoms with Crippen LogP contribution in [0.4, 0.5) is 5.69 Å². The second-order valence-electron chi connectivity index (χ2n) is 6.42. The van der Waals surface area contributed by atoms with Gasteiger partial charge in [0.15, 0.2) is 0 Å². The van der Waals surface area contributed by atoms with Gasteiger partial charge in [0.25, 0.3) is 5.91 Å². The summed E-state index contributed by atoms with van der Waals surface area (Å²) in [5, 5.41) is 4.08. The molecular weight excluding hydrogens is 304 g/mol. The summed E-state index contributed by atoms with van der Waals surface area (Å²) in [4.78, 5) is 16.4. The van der Waals surface area contributed by atoms with Crippen molar-refractivity contribution < 1.29 is 9.53 Å². The van der Waals surface area contributed by atoms with Crippen molar-refractivity contribution in [1.82, 2.24) is 10.3 Å². The van der Waals surface area contributed by atoms with Gasteiger partial charge in [0.1, 0.15) is 0 Å². The molecule has 0 aromatic heterocycles. The maximum atomic E-state index is 11.9. The molecule has 0 bridgehead atoms. The summed E-state index contributed by atoms with van der Waals surface area (Å²) in [6, 6.07) is 6.32. The van der Waals surface area contributed by atoms with Crippen LogP contribution in [0.25, 0.3) is 0 Å². The summed E-state index contributed by atoms with van der Waals surface area (Å²) in [7, 11) is 0. The summed E-state index contributed by atoms with van der Waals surface area (Å²) in [5.41, 5.74) is 6.16. The molecule has 1 aromatic carbocycles. The first-order valence-corrected chi connectivity index (χ1v) is 8.70. The van der Waals surface area contributed by atoms with E-state index in [1.165, 1.54) is 24.1 Å². The zero-order valence-corrected chi connectivity index (χ0v) is 14.3. The predicted molar refractivity (Wildman–Crippen MR) is 95.6 cm³/mol. The first-order chi connectivity index (χ1) is 11.7. The lowest BCUT2D eigenvalue weighted by Gasteiger charge is -2.25. The highest BCUT2D eigenvalue weighted by atomic mass is 16.5. The van der Waals surface area contributed by atoms with Crippen LogP contribution < -0.4 is 10.3 Å². The molecule has 2 fully saturated rings. The molecule has 6 heteroatoms. The number of nitrogens with one attached hydrogen (secondary N) is 1. The van der Waals surface area contributed by atoms with E-state index in [1.807, 2.05) is 0 Å². The third-order valence-electron chi connectivity index (χ3n) is 4.54. The minimum atomic E-state index is -0.0847. The lowest BCUT2D eigenvalue weighted by molar-refractivity contribution is -0.123. The number of morpholine rings is 1. The highest BCUT2D eigenvalue weighted by Crippen LogP contribution is 2.24. The molecule has 0 saturated carbocycles. The molecule has 130 valence electrons. The number of hydrogen-bond donors (Lipinski definition) is 1. The van der Waals surface area contributed by atoms with E-state index >= 15 is 0 Å². The highest BCUT2D eigenvalue weighted by Gasteiger charge is 2.14. The third-order valence-corrected chi connectivity index (χ3v) is 4.54. The number of amides is 1. The van der Waals surface area contributed by atoms with Gasteiger partial charge in [-0.2, -0.15) is 5.10 Å². The first kappa shape index (κ1) is 16.9. The van der Waals surface area contributed by atoms with Gasteiger partial charge < -0.3 is 9.64 Å². The number of carbonyl (C=O) groups excluding carboxylic acids is 1. The van der Waals surface area contributed by atoms with Crippen LogP contribution in [0.5, 0.6) is 0 Å². The van der Waals surface area contributed by atoms with Crippen LogP contribution in [-0.2, 0) is 9.53 Å². The van der Waals surface area contributed by atoms with Crippen molar-refractivity contribution in [3.8, 4) is 0 Å². The van der Waals surface area contributed by atoms with Crippen molar-refractivity contribution in [2.24, 2.45) is 5.10 Å². The standard InChI is InChI=1S/C18H26N4O2/c1-15-12-16(4-5-17(15)22-6-2-3-7-22)13-19-20-18(23)14-21-8-10-24-11-9-21/h4-5,12-13H,2-3,6-11,14H2,1H3,(H,20,23)/b19-13+. The summed E-state index contributed by atoms with van der Waals surface area (Å²) in [6.45, 7) is 7.77. The fourth-order valence-electron chi connectivity index (χ4n) is 3.25. The Kier molecular flexibility index (Phi) is 5.82. The number of hydrazone groups is 1. The number of benzene rings is 1. The summed E-state index contributed by atoms with van der Waals surface area (Å²) < 4.78 is 5.27. The summed E-state index contributed by atoms with van der Waals surface area (Å²) in [5.74, 6) is -0.0847. The summed E-state index contributed by atoms with van der Waals surface area (Å²) >= 11 is 0. The molecule has 1 aromatic rings. The van der Waals surface area contributed by atoms with E-state index < -0.39 is 0 Å². The van der Waals surface area contributed by atoms with Gasteiger partial charge in [-0.15, -0.1) is 0 Å². The molecule has 1 amide bonds.